The molecule has 0 fully saturated rings. The van der Waals surface area contributed by atoms with Crippen LogP contribution < -0.4 is 119 Å². The van der Waals surface area contributed by atoms with Crippen molar-refractivity contribution >= 4 is 149 Å². The molecule has 0 saturated heterocycles. The zero-order valence-electron chi connectivity index (χ0n) is 20.7. The maximum absolute atomic E-state index is 10.1. The summed E-state index contributed by atoms with van der Waals surface area (Å²) in [5.74, 6) is -12.0. The van der Waals surface area contributed by atoms with Crippen LogP contribution >= 0.6 is 0 Å². The minimum Gasteiger partial charge on any atom is -1.00 e. The summed E-state index contributed by atoms with van der Waals surface area (Å²) in [5, 5.41) is 77.9. The van der Waals surface area contributed by atoms with Gasteiger partial charge in [-0.05, 0) is 0 Å². The number of carbonyl (C=O) groups excluding carboxylic acids is 6. The normalized spacial score (nSPS) is 8.81. The number of aliphatic hydroxyl groups is 2. The smallest absolute Gasteiger partial charge is 1.00 e. The van der Waals surface area contributed by atoms with Gasteiger partial charge in [0, 0.05) is 49.6 Å². The molecule has 154 valence electrons. The van der Waals surface area contributed by atoms with E-state index in [2.05, 4.69) is 0 Å². The monoisotopic (exact) mass is 570 g/mol. The van der Waals surface area contributed by atoms with Crippen molar-refractivity contribution in [3.8, 4) is 0 Å². The third kappa shape index (κ3) is 28.1. The molecule has 0 amide bonds. The van der Waals surface area contributed by atoms with Gasteiger partial charge in [-0.25, -0.2) is 0 Å². The fourth-order valence-corrected chi connectivity index (χ4v) is 1.37. The zero-order valence-corrected chi connectivity index (χ0v) is 30.4. The van der Waals surface area contributed by atoms with E-state index < -0.39 is 72.7 Å². The molecule has 0 heterocycles. The van der Waals surface area contributed by atoms with E-state index in [-0.39, 0.29) is 206 Å². The number of carboxylic acid groups (broad SMARTS) is 6. The van der Waals surface area contributed by atoms with Crippen molar-refractivity contribution in [1.82, 2.24) is 0 Å². The van der Waals surface area contributed by atoms with Gasteiger partial charge in [0.1, 0.15) is 11.2 Å². The number of hydrogen-bond donors (Lipinski definition) is 2. The molecule has 0 spiro atoms. The van der Waals surface area contributed by atoms with Gasteiger partial charge in [0.05, 0.1) is 11.9 Å². The quantitative estimate of drug-likeness (QED) is 0.231. The van der Waals surface area contributed by atoms with Gasteiger partial charge in [-0.15, -0.1) is 0 Å². The zero-order chi connectivity index (χ0) is 21.3. The van der Waals surface area contributed by atoms with E-state index in [1.807, 2.05) is 0 Å². The minimum absolute atomic E-state index is 0. The van der Waals surface area contributed by atoms with Crippen LogP contribution in [-0.4, -0.2) is 170 Å². The Bertz CT molecular complexity index is 550. The van der Waals surface area contributed by atoms with Crippen molar-refractivity contribution in [3.63, 3.8) is 0 Å². The fraction of sp³-hybridized carbons (Fsp3) is 0.500. The van der Waals surface area contributed by atoms with Gasteiger partial charge in [0.2, 0.25) is 0 Å². The van der Waals surface area contributed by atoms with Crippen molar-refractivity contribution in [2.45, 2.75) is 36.9 Å². The summed E-state index contributed by atoms with van der Waals surface area (Å²) < 4.78 is 0. The maximum Gasteiger partial charge on any atom is 2.00 e. The molecule has 0 saturated carbocycles. The topological polar surface area (TPSA) is 281 Å². The molecule has 0 bridgehead atoms. The first-order valence-corrected chi connectivity index (χ1v) is 6.23. The van der Waals surface area contributed by atoms with Crippen molar-refractivity contribution < 1.29 is 163 Å². The van der Waals surface area contributed by atoms with Crippen molar-refractivity contribution in [1.29, 1.82) is 0 Å². The van der Waals surface area contributed by atoms with E-state index in [0.29, 0.717) is 0 Å². The third-order valence-electron chi connectivity index (χ3n) is 2.51. The SMILES string of the molecule is O=C([O-])CC(O)(CC(=O)[O-])C(=O)[O-].O=C([O-])CC(O)(CC(=O)[O-])C(=O)[O-].[Ca+2].[Ca+2].[Ca+2].[H-].[H-].[H-].[Na+].[Na+].[Na+]. The number of carboxylic acids is 6. The molecule has 32 heavy (non-hydrogen) atoms. The molecule has 0 aromatic carbocycles. The second-order valence-corrected chi connectivity index (χ2v) is 4.83. The van der Waals surface area contributed by atoms with Crippen molar-refractivity contribution in [2.24, 2.45) is 0 Å². The first-order valence-electron chi connectivity index (χ1n) is 6.23. The molecule has 0 unspecified atom stereocenters. The van der Waals surface area contributed by atoms with E-state index in [4.69, 9.17) is 10.2 Å². The Morgan fingerprint density at radius 1 is 0.500 bits per heavy atom. The Hall–Kier alpha value is 3.52. The molecule has 0 radical (unpaired) electrons. The molecule has 0 aliphatic heterocycles. The molecule has 2 N–H and O–H groups in total. The summed E-state index contributed by atoms with van der Waals surface area (Å²) >= 11 is 0. The molecule has 0 aliphatic rings. The summed E-state index contributed by atoms with van der Waals surface area (Å²) in [5.41, 5.74) is -5.95. The van der Waals surface area contributed by atoms with Crippen LogP contribution in [-0.2, 0) is 28.8 Å². The van der Waals surface area contributed by atoms with E-state index in [9.17, 15) is 59.4 Å². The van der Waals surface area contributed by atoms with Crippen LogP contribution in [0.25, 0.3) is 0 Å². The van der Waals surface area contributed by atoms with Crippen LogP contribution in [0.1, 0.15) is 30.0 Å². The number of hydrogen-bond acceptors (Lipinski definition) is 14. The molecule has 0 aromatic heterocycles. The predicted molar refractivity (Wildman–Crippen MR) is 79.0 cm³/mol. The first-order chi connectivity index (χ1) is 11.6. The van der Waals surface area contributed by atoms with E-state index in [1.54, 1.807) is 0 Å². The number of aliphatic carboxylic acids is 6. The Kier molecular flexibility index (Phi) is 48.1. The Labute approximate surface area is 341 Å². The van der Waals surface area contributed by atoms with Gasteiger partial charge in [-0.1, -0.05) is 0 Å². The molecule has 0 aromatic rings. The average Bonchev–Trinajstić information content (AvgIpc) is 2.34. The minimum atomic E-state index is -2.97. The molecular weight excluding hydrogens is 557 g/mol. The van der Waals surface area contributed by atoms with Crippen LogP contribution in [0.2, 0.25) is 0 Å². The van der Waals surface area contributed by atoms with Crippen LogP contribution in [0.5, 0.6) is 0 Å². The molecule has 14 nitrogen and oxygen atoms in total. The van der Waals surface area contributed by atoms with Gasteiger partial charge in [-0.2, -0.15) is 0 Å². The van der Waals surface area contributed by atoms with Gasteiger partial charge < -0.3 is 73.9 Å². The maximum atomic E-state index is 10.1. The van der Waals surface area contributed by atoms with E-state index >= 15 is 0 Å². The van der Waals surface area contributed by atoms with Gasteiger partial charge in [0.15, 0.2) is 0 Å². The van der Waals surface area contributed by atoms with Crippen molar-refractivity contribution in [3.05, 3.63) is 0 Å². The molecule has 0 rings (SSSR count). The molecular formula is C12H13Ca3Na3O14. The molecule has 0 atom stereocenters. The fourth-order valence-electron chi connectivity index (χ4n) is 1.37. The second kappa shape index (κ2) is 27.6. The summed E-state index contributed by atoms with van der Waals surface area (Å²) in [6.07, 6.45) is -5.43. The predicted octanol–water partition coefficient (Wildman–Crippen LogP) is -20.3. The Morgan fingerprint density at radius 2 is 0.625 bits per heavy atom. The summed E-state index contributed by atoms with van der Waals surface area (Å²) in [7, 11) is 0. The average molecular weight is 570 g/mol. The van der Waals surface area contributed by atoms with E-state index in [1.165, 1.54) is 0 Å². The van der Waals surface area contributed by atoms with Crippen molar-refractivity contribution in [2.75, 3.05) is 0 Å². The molecule has 20 heteroatoms. The van der Waals surface area contributed by atoms with Crippen LogP contribution in [0.3, 0.4) is 0 Å². The number of carbonyl (C=O) groups is 6. The first kappa shape index (κ1) is 55.9. The third-order valence-corrected chi connectivity index (χ3v) is 2.51. The Morgan fingerprint density at radius 3 is 0.688 bits per heavy atom. The summed E-state index contributed by atoms with van der Waals surface area (Å²) in [4.78, 5) is 60.0. The summed E-state index contributed by atoms with van der Waals surface area (Å²) in [6.45, 7) is 0. The van der Waals surface area contributed by atoms with Crippen LogP contribution in [0.15, 0.2) is 0 Å². The number of rotatable bonds is 10. The molecule has 0 aliphatic carbocycles. The van der Waals surface area contributed by atoms with Crippen LogP contribution in [0.4, 0.5) is 0 Å². The van der Waals surface area contributed by atoms with Crippen LogP contribution in [0, 0.1) is 0 Å². The summed E-state index contributed by atoms with van der Waals surface area (Å²) in [6, 6.07) is 0. The largest absolute Gasteiger partial charge is 2.00 e. The Balaban J connectivity index is -0.0000000291. The van der Waals surface area contributed by atoms with Gasteiger partial charge in [0.25, 0.3) is 0 Å². The second-order valence-electron chi connectivity index (χ2n) is 4.83. The van der Waals surface area contributed by atoms with Gasteiger partial charge >= 0.3 is 202 Å². The van der Waals surface area contributed by atoms with E-state index in [0.717, 1.165) is 0 Å². The standard InChI is InChI=1S/2C6H8O7.3Ca.3Na.3H/c2*7-3(8)1-6(13,5(11)12)2-4(9)10;;;;;;;;;/h2*13H,1-2H2,(H,7,8)(H,9,10)(H,11,12);;;;;;;;;/q;;3*+2;3*+1;3*-1/p-6. The van der Waals surface area contributed by atoms with Gasteiger partial charge in [-0.3, -0.25) is 0 Å².